The van der Waals surface area contributed by atoms with Gasteiger partial charge in [0.15, 0.2) is 0 Å². The summed E-state index contributed by atoms with van der Waals surface area (Å²) in [6.45, 7) is 7.16. The molecule has 0 bridgehead atoms. The summed E-state index contributed by atoms with van der Waals surface area (Å²) in [5.41, 5.74) is 0. The number of hydrogen-bond acceptors (Lipinski definition) is 2. The van der Waals surface area contributed by atoms with Crippen LogP contribution in [-0.2, 0) is 4.74 Å². The Labute approximate surface area is 82.0 Å². The molecule has 0 saturated heterocycles. The largest absolute Gasteiger partial charge is 0.381 e. The fraction of sp³-hybridized carbons (Fsp3) is 1.00. The van der Waals surface area contributed by atoms with Crippen LogP contribution in [0.2, 0.25) is 0 Å². The molecule has 78 valence electrons. The SMILES string of the molecule is CCNC1CCCCC1COCC. The molecule has 0 amide bonds. The second-order valence-corrected chi connectivity index (χ2v) is 3.87. The number of nitrogens with one attached hydrogen (secondary N) is 1. The number of ether oxygens (including phenoxy) is 1. The van der Waals surface area contributed by atoms with Gasteiger partial charge < -0.3 is 10.1 Å². The average Bonchev–Trinajstić information content (AvgIpc) is 2.17. The van der Waals surface area contributed by atoms with Gasteiger partial charge in [-0.2, -0.15) is 0 Å². The molecule has 1 rings (SSSR count). The summed E-state index contributed by atoms with van der Waals surface area (Å²) in [7, 11) is 0. The summed E-state index contributed by atoms with van der Waals surface area (Å²) < 4.78 is 5.51. The average molecular weight is 185 g/mol. The van der Waals surface area contributed by atoms with Crippen LogP contribution < -0.4 is 5.32 Å². The van der Waals surface area contributed by atoms with Gasteiger partial charge in [0.2, 0.25) is 0 Å². The minimum absolute atomic E-state index is 0.713. The molecule has 0 aromatic rings. The van der Waals surface area contributed by atoms with E-state index in [2.05, 4.69) is 19.2 Å². The highest BCUT2D eigenvalue weighted by Gasteiger charge is 2.23. The molecular formula is C11H23NO. The van der Waals surface area contributed by atoms with Crippen molar-refractivity contribution >= 4 is 0 Å². The lowest BCUT2D eigenvalue weighted by molar-refractivity contribution is 0.0782. The lowest BCUT2D eigenvalue weighted by Gasteiger charge is -2.31. The standard InChI is InChI=1S/C11H23NO/c1-3-12-11-8-6-5-7-10(11)9-13-4-2/h10-12H,3-9H2,1-2H3. The number of hydrogen-bond donors (Lipinski definition) is 1. The molecule has 0 heterocycles. The van der Waals surface area contributed by atoms with E-state index in [0.717, 1.165) is 25.7 Å². The Morgan fingerprint density at radius 2 is 2.00 bits per heavy atom. The van der Waals surface area contributed by atoms with Crippen LogP contribution in [0.25, 0.3) is 0 Å². The fourth-order valence-electron chi connectivity index (χ4n) is 2.21. The molecule has 0 aromatic heterocycles. The second-order valence-electron chi connectivity index (χ2n) is 3.87. The monoisotopic (exact) mass is 185 g/mol. The fourth-order valence-corrected chi connectivity index (χ4v) is 2.21. The van der Waals surface area contributed by atoms with Crippen LogP contribution in [0.15, 0.2) is 0 Å². The highest BCUT2D eigenvalue weighted by Crippen LogP contribution is 2.24. The molecule has 2 heteroatoms. The van der Waals surface area contributed by atoms with Crippen molar-refractivity contribution in [3.05, 3.63) is 0 Å². The second kappa shape index (κ2) is 6.39. The van der Waals surface area contributed by atoms with Crippen LogP contribution in [0, 0.1) is 5.92 Å². The summed E-state index contributed by atoms with van der Waals surface area (Å²) in [6.07, 6.45) is 5.46. The Kier molecular flexibility index (Phi) is 5.40. The zero-order valence-corrected chi connectivity index (χ0v) is 9.01. The van der Waals surface area contributed by atoms with Crippen LogP contribution in [0.5, 0.6) is 0 Å². The van der Waals surface area contributed by atoms with Crippen molar-refractivity contribution in [2.24, 2.45) is 5.92 Å². The smallest absolute Gasteiger partial charge is 0.0509 e. The molecule has 0 spiro atoms. The van der Waals surface area contributed by atoms with Gasteiger partial charge in [-0.15, -0.1) is 0 Å². The Morgan fingerprint density at radius 1 is 1.23 bits per heavy atom. The van der Waals surface area contributed by atoms with E-state index in [1.807, 2.05) is 0 Å². The first-order valence-electron chi connectivity index (χ1n) is 5.69. The third kappa shape index (κ3) is 3.65. The summed E-state index contributed by atoms with van der Waals surface area (Å²) in [5.74, 6) is 0.758. The van der Waals surface area contributed by atoms with Gasteiger partial charge in [-0.05, 0) is 32.2 Å². The Morgan fingerprint density at radius 3 is 2.69 bits per heavy atom. The van der Waals surface area contributed by atoms with Crippen LogP contribution in [0.4, 0.5) is 0 Å². The van der Waals surface area contributed by atoms with E-state index >= 15 is 0 Å². The van der Waals surface area contributed by atoms with E-state index in [4.69, 9.17) is 4.74 Å². The first-order valence-corrected chi connectivity index (χ1v) is 5.69. The molecule has 1 aliphatic rings. The molecule has 1 saturated carbocycles. The topological polar surface area (TPSA) is 21.3 Å². The van der Waals surface area contributed by atoms with Gasteiger partial charge in [-0.25, -0.2) is 0 Å². The van der Waals surface area contributed by atoms with Gasteiger partial charge in [-0.1, -0.05) is 19.8 Å². The third-order valence-corrected chi connectivity index (χ3v) is 2.91. The Hall–Kier alpha value is -0.0800. The van der Waals surface area contributed by atoms with E-state index < -0.39 is 0 Å². The minimum atomic E-state index is 0.713. The van der Waals surface area contributed by atoms with Crippen molar-refractivity contribution in [2.45, 2.75) is 45.6 Å². The van der Waals surface area contributed by atoms with Gasteiger partial charge in [-0.3, -0.25) is 0 Å². The van der Waals surface area contributed by atoms with Crippen molar-refractivity contribution in [2.75, 3.05) is 19.8 Å². The van der Waals surface area contributed by atoms with Gasteiger partial charge in [0.25, 0.3) is 0 Å². The normalized spacial score (nSPS) is 29.1. The summed E-state index contributed by atoms with van der Waals surface area (Å²) in [6, 6.07) is 0.713. The van der Waals surface area contributed by atoms with Crippen molar-refractivity contribution in [3.8, 4) is 0 Å². The van der Waals surface area contributed by atoms with E-state index in [0.29, 0.717) is 6.04 Å². The molecule has 1 aliphatic carbocycles. The van der Waals surface area contributed by atoms with E-state index in [-0.39, 0.29) is 0 Å². The van der Waals surface area contributed by atoms with Crippen molar-refractivity contribution in [3.63, 3.8) is 0 Å². The molecule has 0 radical (unpaired) electrons. The predicted octanol–water partition coefficient (Wildman–Crippen LogP) is 2.19. The first kappa shape index (κ1) is 11.0. The quantitative estimate of drug-likeness (QED) is 0.709. The molecule has 1 fully saturated rings. The highest BCUT2D eigenvalue weighted by molar-refractivity contribution is 4.80. The van der Waals surface area contributed by atoms with E-state index in [1.54, 1.807) is 0 Å². The van der Waals surface area contributed by atoms with Crippen molar-refractivity contribution < 1.29 is 4.74 Å². The van der Waals surface area contributed by atoms with Crippen LogP contribution in [0.3, 0.4) is 0 Å². The zero-order valence-electron chi connectivity index (χ0n) is 9.01. The highest BCUT2D eigenvalue weighted by atomic mass is 16.5. The van der Waals surface area contributed by atoms with E-state index in [1.165, 1.54) is 25.7 Å². The molecule has 1 N–H and O–H groups in total. The van der Waals surface area contributed by atoms with Crippen LogP contribution >= 0.6 is 0 Å². The maximum Gasteiger partial charge on any atom is 0.0509 e. The third-order valence-electron chi connectivity index (χ3n) is 2.91. The molecule has 13 heavy (non-hydrogen) atoms. The maximum absolute atomic E-state index is 5.51. The first-order chi connectivity index (χ1) is 6.38. The lowest BCUT2D eigenvalue weighted by atomic mass is 9.85. The Balaban J connectivity index is 2.28. The number of rotatable bonds is 5. The molecule has 2 unspecified atom stereocenters. The molecule has 2 atom stereocenters. The van der Waals surface area contributed by atoms with Crippen molar-refractivity contribution in [1.82, 2.24) is 5.32 Å². The molecule has 2 nitrogen and oxygen atoms in total. The van der Waals surface area contributed by atoms with Gasteiger partial charge in [0, 0.05) is 12.6 Å². The van der Waals surface area contributed by atoms with E-state index in [9.17, 15) is 0 Å². The summed E-state index contributed by atoms with van der Waals surface area (Å²) in [4.78, 5) is 0. The van der Waals surface area contributed by atoms with Crippen LogP contribution in [0.1, 0.15) is 39.5 Å². The van der Waals surface area contributed by atoms with Gasteiger partial charge in [0.05, 0.1) is 6.61 Å². The maximum atomic E-state index is 5.51. The van der Waals surface area contributed by atoms with Gasteiger partial charge >= 0.3 is 0 Å². The zero-order chi connectivity index (χ0) is 9.52. The van der Waals surface area contributed by atoms with Gasteiger partial charge in [0.1, 0.15) is 0 Å². The molecule has 0 aliphatic heterocycles. The Bertz CT molecular complexity index is 125. The van der Waals surface area contributed by atoms with Crippen molar-refractivity contribution in [1.29, 1.82) is 0 Å². The summed E-state index contributed by atoms with van der Waals surface area (Å²) >= 11 is 0. The lowest BCUT2D eigenvalue weighted by Crippen LogP contribution is -2.40. The van der Waals surface area contributed by atoms with Crippen LogP contribution in [-0.4, -0.2) is 25.8 Å². The predicted molar refractivity (Wildman–Crippen MR) is 55.9 cm³/mol. The summed E-state index contributed by atoms with van der Waals surface area (Å²) in [5, 5.41) is 3.56. The molecular weight excluding hydrogens is 162 g/mol. The minimum Gasteiger partial charge on any atom is -0.381 e. The molecule has 0 aromatic carbocycles.